The molecule has 0 aromatic rings. The van der Waals surface area contributed by atoms with Crippen LogP contribution < -0.4 is 0 Å². The molecule has 0 amide bonds. The topological polar surface area (TPSA) is 74.6 Å². The van der Waals surface area contributed by atoms with Crippen LogP contribution in [-0.2, 0) is 14.4 Å². The Labute approximate surface area is 44.9 Å². The van der Waals surface area contributed by atoms with Crippen LogP contribution in [0.4, 0.5) is 9.59 Å². The van der Waals surface area contributed by atoms with Gasteiger partial charge in [0, 0.05) is 0 Å². The van der Waals surface area contributed by atoms with E-state index in [2.05, 4.69) is 0 Å². The van der Waals surface area contributed by atoms with Crippen molar-refractivity contribution in [3.05, 3.63) is 0 Å². The third kappa shape index (κ3) is 5.43. The molecule has 0 atom stereocenters. The second-order valence-electron chi connectivity index (χ2n) is 0.532. The molecule has 0 saturated heterocycles. The van der Waals surface area contributed by atoms with Gasteiger partial charge in [-0.25, -0.2) is 0 Å². The van der Waals surface area contributed by atoms with Crippen molar-refractivity contribution in [3.8, 4) is 0 Å². The zero-order valence-electron chi connectivity index (χ0n) is 3.03. The van der Waals surface area contributed by atoms with Crippen LogP contribution in [0.2, 0.25) is 0 Å². The number of carbonyl (C=O) groups is 2. The molecule has 0 aromatic heterocycles. The fourth-order valence-corrected chi connectivity index (χ4v) is 0.239. The van der Waals surface area contributed by atoms with Crippen LogP contribution in [0.25, 0.3) is 0 Å². The van der Waals surface area contributed by atoms with E-state index in [9.17, 15) is 9.59 Å². The van der Waals surface area contributed by atoms with Gasteiger partial charge in [0.05, 0.1) is 0 Å². The summed E-state index contributed by atoms with van der Waals surface area (Å²) in [6.07, 6.45) is 0. The molecule has 0 aliphatic carbocycles. The van der Waals surface area contributed by atoms with E-state index in [-0.39, 0.29) is 14.4 Å². The van der Waals surface area contributed by atoms with Gasteiger partial charge in [-0.2, -0.15) is 0 Å². The third-order valence-electron chi connectivity index (χ3n) is 0.135. The maximum absolute atomic E-state index is 9.40. The monoisotopic (exact) mass is 148 g/mol. The predicted octanol–water partition coefficient (Wildman–Crippen LogP) is 0.425. The van der Waals surface area contributed by atoms with Gasteiger partial charge in [-0.3, -0.25) is 0 Å². The first-order chi connectivity index (χ1) is 3.13. The van der Waals surface area contributed by atoms with Crippen molar-refractivity contribution < 1.29 is 34.2 Å². The third-order valence-corrected chi connectivity index (χ3v) is 0.558. The molecule has 0 bridgehead atoms. The van der Waals surface area contributed by atoms with Gasteiger partial charge in [-0.1, -0.05) is 0 Å². The van der Waals surface area contributed by atoms with Gasteiger partial charge in [0.25, 0.3) is 0 Å². The first-order valence-electron chi connectivity index (χ1n) is 1.17. The Bertz CT molecular complexity index is 85.9. The second kappa shape index (κ2) is 2.58. The summed E-state index contributed by atoms with van der Waals surface area (Å²) in [5, 5.41) is 15.4. The molecule has 0 fully saturated rings. The van der Waals surface area contributed by atoms with E-state index < -0.39 is 9.88 Å². The normalized spacial score (nSPS) is 8.57. The van der Waals surface area contributed by atoms with Crippen LogP contribution in [0, 0.1) is 0 Å². The Balaban J connectivity index is 3.32. The van der Waals surface area contributed by atoms with E-state index in [1.54, 1.807) is 0 Å². The van der Waals surface area contributed by atoms with Crippen molar-refractivity contribution in [1.29, 1.82) is 0 Å². The fraction of sp³-hybridized carbons (Fsp3) is 0. The molecule has 0 heterocycles. The predicted molar refractivity (Wildman–Crippen MR) is 16.0 cm³/mol. The van der Waals surface area contributed by atoms with E-state index in [1.807, 2.05) is 0 Å². The Morgan fingerprint density at radius 2 is 1.43 bits per heavy atom. The van der Waals surface area contributed by atoms with Crippen LogP contribution in [0.5, 0.6) is 0 Å². The van der Waals surface area contributed by atoms with E-state index >= 15 is 0 Å². The molecular weight excluding hydrogens is 147 g/mol. The Kier molecular flexibility index (Phi) is 2.37. The zero-order valence-corrected chi connectivity index (χ0v) is 4.01. The number of hydrogen-bond acceptors (Lipinski definition) is 2. The number of rotatable bonds is 2. The zero-order chi connectivity index (χ0) is 5.86. The second-order valence-corrected chi connectivity index (χ2v) is 1.62. The maximum atomic E-state index is 9.40. The van der Waals surface area contributed by atoms with Crippen molar-refractivity contribution in [3.63, 3.8) is 0 Å². The van der Waals surface area contributed by atoms with Crippen molar-refractivity contribution in [2.75, 3.05) is 0 Å². The minimum absolute atomic E-state index is 0.319. The van der Waals surface area contributed by atoms with Crippen molar-refractivity contribution in [1.82, 2.24) is 0 Å². The summed E-state index contributed by atoms with van der Waals surface area (Å²) in [6, 6.07) is 0. The first-order valence-corrected chi connectivity index (χ1v) is 2.16. The van der Waals surface area contributed by atoms with Gasteiger partial charge in [0.1, 0.15) is 0 Å². The average molecular weight is 149 g/mol. The summed E-state index contributed by atoms with van der Waals surface area (Å²) in [7, 11) is 0. The van der Waals surface area contributed by atoms with Gasteiger partial charge < -0.3 is 0 Å². The number of carboxylic acid groups (broad SMARTS) is 2. The van der Waals surface area contributed by atoms with Gasteiger partial charge >= 0.3 is 44.1 Å². The van der Waals surface area contributed by atoms with Gasteiger partial charge in [0.15, 0.2) is 0 Å². The molecule has 0 aromatic carbocycles. The molecule has 5 heteroatoms. The van der Waals surface area contributed by atoms with Gasteiger partial charge in [-0.05, 0) is 0 Å². The van der Waals surface area contributed by atoms with Gasteiger partial charge in [0.2, 0.25) is 0 Å². The Morgan fingerprint density at radius 3 is 1.43 bits per heavy atom. The molecule has 0 aliphatic heterocycles. The molecule has 2 N–H and O–H groups in total. The summed E-state index contributed by atoms with van der Waals surface area (Å²) < 4.78 is 0. The molecule has 0 saturated carbocycles. The van der Waals surface area contributed by atoms with Crippen molar-refractivity contribution in [2.45, 2.75) is 0 Å². The summed E-state index contributed by atoms with van der Waals surface area (Å²) in [5.41, 5.74) is 0. The molecule has 0 aliphatic rings. The van der Waals surface area contributed by atoms with Crippen LogP contribution in [0.1, 0.15) is 0 Å². The molecule has 0 unspecified atom stereocenters. The van der Waals surface area contributed by atoms with Crippen LogP contribution in [-0.4, -0.2) is 20.1 Å². The standard InChI is InChI=1S/2CHO2.Ni/c2*2-1-3;/h2*(H,2,3);. The molecule has 0 radical (unpaired) electrons. The number of hydrogen-bond donors (Lipinski definition) is 2. The summed E-state index contributed by atoms with van der Waals surface area (Å²) in [4.78, 5) is 16.1. The van der Waals surface area contributed by atoms with E-state index in [1.165, 1.54) is 0 Å². The molecule has 0 rings (SSSR count). The average Bonchev–Trinajstić information content (AvgIpc) is 1.27. The van der Waals surface area contributed by atoms with Crippen LogP contribution in [0.3, 0.4) is 0 Å². The van der Waals surface area contributed by atoms with Gasteiger partial charge in [-0.15, -0.1) is 0 Å². The molecule has 0 spiro atoms. The molecule has 7 heavy (non-hydrogen) atoms. The minimum atomic E-state index is -1.38. The van der Waals surface area contributed by atoms with Crippen molar-refractivity contribution >= 4 is 9.88 Å². The summed E-state index contributed by atoms with van der Waals surface area (Å²) >= 11 is -0.319. The van der Waals surface area contributed by atoms with Crippen LogP contribution >= 0.6 is 0 Å². The molecular formula is C2H2NiO4. The molecule has 44 valence electrons. The molecule has 4 nitrogen and oxygen atoms in total. The SMILES string of the molecule is O=[C](O)[Ni][C](=O)O. The van der Waals surface area contributed by atoms with E-state index in [0.717, 1.165) is 0 Å². The summed E-state index contributed by atoms with van der Waals surface area (Å²) in [5.74, 6) is 0. The quantitative estimate of drug-likeness (QED) is 0.557. The van der Waals surface area contributed by atoms with E-state index in [0.29, 0.717) is 0 Å². The van der Waals surface area contributed by atoms with Crippen molar-refractivity contribution in [2.24, 2.45) is 0 Å². The van der Waals surface area contributed by atoms with Crippen LogP contribution in [0.15, 0.2) is 0 Å². The summed E-state index contributed by atoms with van der Waals surface area (Å²) in [6.45, 7) is 0. The fourth-order valence-electron chi connectivity index (χ4n) is 0.0579. The van der Waals surface area contributed by atoms with E-state index in [4.69, 9.17) is 10.2 Å². The first kappa shape index (κ1) is 6.43. The Hall–Kier alpha value is -0.566. The Morgan fingerprint density at radius 1 is 1.14 bits per heavy atom.